The Morgan fingerprint density at radius 2 is 1.68 bits per heavy atom. The minimum atomic E-state index is -5.08. The molecule has 12 nitrogen and oxygen atoms in total. The van der Waals surface area contributed by atoms with Crippen molar-refractivity contribution in [1.82, 2.24) is 19.4 Å². The maximum Gasteiger partial charge on any atom is 0.490 e. The van der Waals surface area contributed by atoms with Crippen molar-refractivity contribution < 1.29 is 42.1 Å². The zero-order valence-corrected chi connectivity index (χ0v) is 32.2. The normalized spacial score (nSPS) is 16.7. The highest BCUT2D eigenvalue weighted by atomic mass is 28.3. The van der Waals surface area contributed by atoms with Gasteiger partial charge in [-0.25, -0.2) is 14.6 Å². The number of anilines is 1. The summed E-state index contributed by atoms with van der Waals surface area (Å²) in [5.41, 5.74) is 2.19. The predicted molar refractivity (Wildman–Crippen MR) is 196 cm³/mol. The zero-order valence-electron chi connectivity index (χ0n) is 31.2. The number of carboxylic acid groups (broad SMARTS) is 1. The van der Waals surface area contributed by atoms with Crippen LogP contribution < -0.4 is 10.5 Å². The van der Waals surface area contributed by atoms with Crippen LogP contribution in [0.3, 0.4) is 0 Å². The van der Waals surface area contributed by atoms with Crippen LogP contribution in [0.5, 0.6) is 0 Å². The number of nitrogens with zero attached hydrogens (tertiary/aromatic N) is 5. The number of likely N-dealkylation sites (tertiary alicyclic amines) is 1. The number of rotatable bonds is 10. The molecular formula is C37H50F3N5O7Si. The van der Waals surface area contributed by atoms with Crippen molar-refractivity contribution in [3.8, 4) is 0 Å². The van der Waals surface area contributed by atoms with E-state index in [4.69, 9.17) is 24.4 Å². The number of alkyl halides is 3. The van der Waals surface area contributed by atoms with E-state index < -0.39 is 38.0 Å². The van der Waals surface area contributed by atoms with Crippen molar-refractivity contribution >= 4 is 42.6 Å². The van der Waals surface area contributed by atoms with Crippen LogP contribution >= 0.6 is 0 Å². The first-order valence-electron chi connectivity index (χ1n) is 17.9. The number of ether oxygens (including phenoxy) is 2. The standard InChI is InChI=1S/C35H49N5O5Si.C2HF3O2/c1-35(2,3)45-34(43)39-17-16-31(39)33(42)40(22-27-13-12-26(21-36-27)25-10-8-7-9-11-25)28-14-15-29-30(20-28)37-23-38(32(29)41)24-44-18-19-46(4,5)6;3-2(4,5)1(6)7/h12-15,20-21,23,25,31H,7-11,16-19,22,24H2,1-6H3;(H,6,7)/t31-;/m1./s1. The van der Waals surface area contributed by atoms with E-state index in [9.17, 15) is 27.6 Å². The van der Waals surface area contributed by atoms with Gasteiger partial charge in [0, 0.05) is 33.1 Å². The Bertz CT molecular complexity index is 1800. The van der Waals surface area contributed by atoms with Crippen LogP contribution in [-0.4, -0.2) is 81.6 Å². The molecule has 2 aromatic heterocycles. The number of halogens is 3. The molecule has 0 spiro atoms. The van der Waals surface area contributed by atoms with Gasteiger partial charge in [0.25, 0.3) is 5.56 Å². The lowest BCUT2D eigenvalue weighted by molar-refractivity contribution is -0.192. The highest BCUT2D eigenvalue weighted by Gasteiger charge is 2.42. The maximum atomic E-state index is 14.1. The smallest absolute Gasteiger partial charge is 0.475 e. The van der Waals surface area contributed by atoms with E-state index in [2.05, 4.69) is 30.7 Å². The molecule has 2 aliphatic rings. The number of hydrogen-bond acceptors (Lipinski definition) is 8. The minimum absolute atomic E-state index is 0.142. The molecule has 3 heterocycles. The summed E-state index contributed by atoms with van der Waals surface area (Å²) in [7, 11) is -1.24. The van der Waals surface area contributed by atoms with E-state index in [1.54, 1.807) is 23.1 Å². The Hall–Kier alpha value is -4.31. The Labute approximate surface area is 308 Å². The third kappa shape index (κ3) is 11.8. The number of amides is 2. The molecule has 1 atom stereocenters. The number of carboxylic acids is 1. The number of pyridine rings is 1. The number of aliphatic carboxylic acids is 1. The van der Waals surface area contributed by atoms with E-state index in [-0.39, 0.29) is 24.7 Å². The average molecular weight is 762 g/mol. The molecule has 3 aromatic rings. The zero-order chi connectivity index (χ0) is 39.1. The highest BCUT2D eigenvalue weighted by Crippen LogP contribution is 2.33. The lowest BCUT2D eigenvalue weighted by Gasteiger charge is -2.42. The van der Waals surface area contributed by atoms with Gasteiger partial charge in [-0.15, -0.1) is 0 Å². The molecule has 2 fully saturated rings. The van der Waals surface area contributed by atoms with Gasteiger partial charge in [0.15, 0.2) is 0 Å². The molecular weight excluding hydrogens is 712 g/mol. The fraction of sp³-hybridized carbons (Fsp3) is 0.568. The number of carbonyl (C=O) groups excluding carboxylic acids is 2. The summed E-state index contributed by atoms with van der Waals surface area (Å²) >= 11 is 0. The third-order valence-electron chi connectivity index (χ3n) is 9.03. The van der Waals surface area contributed by atoms with Crippen molar-refractivity contribution in [3.63, 3.8) is 0 Å². The van der Waals surface area contributed by atoms with E-state index >= 15 is 0 Å². The van der Waals surface area contributed by atoms with Crippen LogP contribution in [0.2, 0.25) is 25.7 Å². The molecule has 1 aliphatic carbocycles. The van der Waals surface area contributed by atoms with Crippen molar-refractivity contribution in [2.24, 2.45) is 0 Å². The summed E-state index contributed by atoms with van der Waals surface area (Å²) in [6.07, 6.45) is 4.55. The average Bonchev–Trinajstić information content (AvgIpc) is 3.05. The Balaban J connectivity index is 0.000000815. The van der Waals surface area contributed by atoms with Crippen LogP contribution in [0.4, 0.5) is 23.7 Å². The second kappa shape index (κ2) is 17.2. The fourth-order valence-electron chi connectivity index (χ4n) is 5.98. The number of fused-ring (bicyclic) bond motifs is 1. The van der Waals surface area contributed by atoms with Crippen LogP contribution in [0.15, 0.2) is 47.7 Å². The quantitative estimate of drug-likeness (QED) is 0.166. The molecule has 0 radical (unpaired) electrons. The molecule has 0 unspecified atom stereocenters. The Morgan fingerprint density at radius 3 is 2.23 bits per heavy atom. The molecule has 1 N–H and O–H groups in total. The number of aromatic nitrogens is 3. The van der Waals surface area contributed by atoms with E-state index in [0.717, 1.165) is 11.7 Å². The lowest BCUT2D eigenvalue weighted by atomic mass is 9.85. The Morgan fingerprint density at radius 1 is 1.00 bits per heavy atom. The first kappa shape index (κ1) is 41.4. The second-order valence-electron chi connectivity index (χ2n) is 15.7. The molecule has 290 valence electrons. The third-order valence-corrected chi connectivity index (χ3v) is 10.7. The first-order valence-corrected chi connectivity index (χ1v) is 21.6. The number of benzene rings is 1. The minimum Gasteiger partial charge on any atom is -0.475 e. The van der Waals surface area contributed by atoms with E-state index in [1.807, 2.05) is 33.0 Å². The molecule has 16 heteroatoms. The molecule has 1 aliphatic heterocycles. The van der Waals surface area contributed by atoms with Crippen molar-refractivity contribution in [3.05, 3.63) is 64.5 Å². The maximum absolute atomic E-state index is 14.1. The van der Waals surface area contributed by atoms with Gasteiger partial charge < -0.3 is 19.5 Å². The van der Waals surface area contributed by atoms with Crippen LogP contribution in [0.1, 0.15) is 76.5 Å². The van der Waals surface area contributed by atoms with Crippen LogP contribution in [0.25, 0.3) is 10.9 Å². The molecule has 2 amide bonds. The van der Waals surface area contributed by atoms with Gasteiger partial charge in [0.2, 0.25) is 5.91 Å². The van der Waals surface area contributed by atoms with Gasteiger partial charge in [0.1, 0.15) is 24.7 Å². The predicted octanol–water partition coefficient (Wildman–Crippen LogP) is 7.33. The Kier molecular flexibility index (Phi) is 13.5. The summed E-state index contributed by atoms with van der Waals surface area (Å²) in [4.78, 5) is 61.7. The van der Waals surface area contributed by atoms with Gasteiger partial charge in [-0.2, -0.15) is 13.2 Å². The number of hydrogen-bond donors (Lipinski definition) is 1. The number of carbonyl (C=O) groups is 3. The summed E-state index contributed by atoms with van der Waals surface area (Å²) in [6, 6.07) is 9.74. The van der Waals surface area contributed by atoms with Gasteiger partial charge in [0.05, 0.1) is 23.1 Å². The van der Waals surface area contributed by atoms with E-state index in [1.165, 1.54) is 53.5 Å². The summed E-state index contributed by atoms with van der Waals surface area (Å²) in [5, 5.41) is 7.57. The molecule has 0 bridgehead atoms. The lowest BCUT2D eigenvalue weighted by Crippen LogP contribution is -2.59. The first-order chi connectivity index (χ1) is 24.7. The summed E-state index contributed by atoms with van der Waals surface area (Å²) < 4.78 is 44.6. The van der Waals surface area contributed by atoms with Gasteiger partial charge in [-0.1, -0.05) is 45.0 Å². The van der Waals surface area contributed by atoms with Crippen LogP contribution in [-0.2, 0) is 32.3 Å². The van der Waals surface area contributed by atoms with Crippen molar-refractivity contribution in [2.45, 2.75) is 122 Å². The highest BCUT2D eigenvalue weighted by molar-refractivity contribution is 6.76. The van der Waals surface area contributed by atoms with Gasteiger partial charge >= 0.3 is 18.2 Å². The largest absolute Gasteiger partial charge is 0.490 e. The monoisotopic (exact) mass is 761 g/mol. The topological polar surface area (TPSA) is 144 Å². The van der Waals surface area contributed by atoms with Crippen molar-refractivity contribution in [2.75, 3.05) is 18.1 Å². The summed E-state index contributed by atoms with van der Waals surface area (Å²) in [6.45, 7) is 13.7. The molecule has 1 aromatic carbocycles. The molecule has 53 heavy (non-hydrogen) atoms. The van der Waals surface area contributed by atoms with Gasteiger partial charge in [-0.3, -0.25) is 24.0 Å². The molecule has 5 rings (SSSR count). The van der Waals surface area contributed by atoms with E-state index in [0.29, 0.717) is 42.1 Å². The van der Waals surface area contributed by atoms with Gasteiger partial charge in [-0.05, 0) is 81.8 Å². The van der Waals surface area contributed by atoms with Crippen LogP contribution in [0, 0.1) is 0 Å². The SMILES string of the molecule is CC(C)(C)OC(=O)N1CC[C@@H]1C(=O)N(Cc1ccc(C2CCCCC2)cn1)c1ccc2c(=O)n(COCC[Si](C)(C)C)cnc2c1.O=C(O)C(F)(F)F. The van der Waals surface area contributed by atoms with Crippen molar-refractivity contribution in [1.29, 1.82) is 0 Å². The fourth-order valence-corrected chi connectivity index (χ4v) is 6.73. The molecule has 1 saturated heterocycles. The molecule has 1 saturated carbocycles. The second-order valence-corrected chi connectivity index (χ2v) is 21.3. The summed E-state index contributed by atoms with van der Waals surface area (Å²) in [5.74, 6) is -2.45.